The van der Waals surface area contributed by atoms with Crippen LogP contribution in [-0.4, -0.2) is 24.8 Å². The smallest absolute Gasteiger partial charge is 0.0897 e. The third-order valence-corrected chi connectivity index (χ3v) is 10.8. The number of hydrogen-bond acceptors (Lipinski definition) is 2. The SMILES string of the molecule is CCN(CC)[P@@](/C=C1/N(C)c2ccccc2C1(C)C)(=Nc1ccc(C)cc1C)c1ccccc1. The van der Waals surface area contributed by atoms with Crippen molar-refractivity contribution < 1.29 is 0 Å². The molecule has 0 amide bonds. The van der Waals surface area contributed by atoms with Gasteiger partial charge in [-0.05, 0) is 42.9 Å². The summed E-state index contributed by atoms with van der Waals surface area (Å²) in [6.07, 6.45) is 0. The number of rotatable bonds is 6. The Labute approximate surface area is 206 Å². The molecule has 0 radical (unpaired) electrons. The Balaban J connectivity index is 2.09. The van der Waals surface area contributed by atoms with Crippen LogP contribution in [0.1, 0.15) is 44.4 Å². The lowest BCUT2D eigenvalue weighted by molar-refractivity contribution is 0.508. The Morgan fingerprint density at radius 1 is 0.912 bits per heavy atom. The van der Waals surface area contributed by atoms with Crippen molar-refractivity contribution in [2.75, 3.05) is 25.0 Å². The van der Waals surface area contributed by atoms with E-state index in [1.54, 1.807) is 0 Å². The van der Waals surface area contributed by atoms with E-state index in [1.807, 2.05) is 0 Å². The monoisotopic (exact) mass is 471 g/mol. The first-order valence-electron chi connectivity index (χ1n) is 12.3. The number of anilines is 1. The molecule has 0 saturated carbocycles. The van der Waals surface area contributed by atoms with E-state index in [0.717, 1.165) is 18.8 Å². The van der Waals surface area contributed by atoms with E-state index >= 15 is 0 Å². The molecule has 1 aliphatic rings. The molecular formula is C30H38N3P. The maximum atomic E-state index is 5.70. The summed E-state index contributed by atoms with van der Waals surface area (Å²) in [6.45, 7) is 15.4. The molecule has 3 nitrogen and oxygen atoms in total. The van der Waals surface area contributed by atoms with Gasteiger partial charge in [-0.3, -0.25) is 4.67 Å². The topological polar surface area (TPSA) is 18.8 Å². The fourth-order valence-electron chi connectivity index (χ4n) is 5.25. The molecule has 1 atom stereocenters. The molecule has 0 spiro atoms. The van der Waals surface area contributed by atoms with Crippen molar-refractivity contribution in [1.82, 2.24) is 4.67 Å². The number of nitrogens with zero attached hydrogens (tertiary/aromatic N) is 3. The van der Waals surface area contributed by atoms with Crippen LogP contribution < -0.4 is 10.2 Å². The fourth-order valence-corrected chi connectivity index (χ4v) is 9.06. The van der Waals surface area contributed by atoms with Gasteiger partial charge in [-0.25, -0.2) is 4.74 Å². The molecule has 0 aromatic heterocycles. The van der Waals surface area contributed by atoms with Gasteiger partial charge in [0.25, 0.3) is 0 Å². The zero-order chi connectivity index (χ0) is 24.5. The molecule has 0 N–H and O–H groups in total. The van der Waals surface area contributed by atoms with Gasteiger partial charge in [-0.1, -0.05) is 93.9 Å². The van der Waals surface area contributed by atoms with Crippen molar-refractivity contribution in [3.63, 3.8) is 0 Å². The summed E-state index contributed by atoms with van der Waals surface area (Å²) in [7, 11) is -0.0561. The van der Waals surface area contributed by atoms with Crippen LogP contribution in [0, 0.1) is 13.8 Å². The van der Waals surface area contributed by atoms with Gasteiger partial charge < -0.3 is 4.90 Å². The predicted molar refractivity (Wildman–Crippen MR) is 150 cm³/mol. The molecule has 0 aliphatic carbocycles. The van der Waals surface area contributed by atoms with Crippen LogP contribution in [-0.2, 0) is 5.41 Å². The van der Waals surface area contributed by atoms with Crippen LogP contribution in [0.3, 0.4) is 0 Å². The van der Waals surface area contributed by atoms with E-state index < -0.39 is 7.21 Å². The summed E-state index contributed by atoms with van der Waals surface area (Å²) in [4.78, 5) is 2.38. The van der Waals surface area contributed by atoms with Crippen LogP contribution in [0.25, 0.3) is 0 Å². The van der Waals surface area contributed by atoms with Crippen molar-refractivity contribution in [3.05, 3.63) is 101 Å². The molecule has 3 aromatic carbocycles. The maximum Gasteiger partial charge on any atom is 0.0897 e. The highest BCUT2D eigenvalue weighted by atomic mass is 31.2. The van der Waals surface area contributed by atoms with E-state index in [4.69, 9.17) is 4.74 Å². The minimum atomic E-state index is -2.26. The molecule has 0 unspecified atom stereocenters. The quantitative estimate of drug-likeness (QED) is 0.339. The minimum absolute atomic E-state index is 0.101. The maximum absolute atomic E-state index is 5.70. The third-order valence-electron chi connectivity index (χ3n) is 7.15. The first-order chi connectivity index (χ1) is 16.2. The van der Waals surface area contributed by atoms with Crippen molar-refractivity contribution in [2.24, 2.45) is 4.74 Å². The lowest BCUT2D eigenvalue weighted by Gasteiger charge is -2.36. The second kappa shape index (κ2) is 9.56. The number of para-hydroxylation sites is 1. The van der Waals surface area contributed by atoms with Crippen LogP contribution in [0.15, 0.2) is 89.1 Å². The number of fused-ring (bicyclic) bond motifs is 1. The first-order valence-corrected chi connectivity index (χ1v) is 14.1. The van der Waals surface area contributed by atoms with Gasteiger partial charge in [-0.15, -0.1) is 0 Å². The van der Waals surface area contributed by atoms with E-state index in [1.165, 1.54) is 33.4 Å². The summed E-state index contributed by atoms with van der Waals surface area (Å²) in [5.41, 5.74) is 7.48. The van der Waals surface area contributed by atoms with Crippen molar-refractivity contribution >= 4 is 23.9 Å². The van der Waals surface area contributed by atoms with Crippen LogP contribution in [0.5, 0.6) is 0 Å². The molecular weight excluding hydrogens is 433 g/mol. The summed E-state index contributed by atoms with van der Waals surface area (Å²) in [5, 5.41) is 1.30. The van der Waals surface area contributed by atoms with Gasteiger partial charge in [-0.2, -0.15) is 0 Å². The standard InChI is InChI=1S/C30H38N3P/c1-8-33(9-2)34(25-15-11-10-12-16-25,31-27-20-19-23(3)21-24(27)4)22-29-30(5,6)26-17-13-14-18-28(26)32(29)7/h10-22H,8-9H2,1-7H3/b29-22+/t34-/m1/s1. The molecule has 0 saturated heterocycles. The molecule has 1 aliphatic heterocycles. The number of allylic oxidation sites excluding steroid dienone is 1. The third kappa shape index (κ3) is 4.17. The highest BCUT2D eigenvalue weighted by molar-refractivity contribution is 7.74. The van der Waals surface area contributed by atoms with Gasteiger partial charge in [0.05, 0.1) is 12.9 Å². The average molecular weight is 472 g/mol. The number of aryl methyl sites for hydroxylation is 2. The number of benzene rings is 3. The van der Waals surface area contributed by atoms with E-state index in [-0.39, 0.29) is 5.41 Å². The predicted octanol–water partition coefficient (Wildman–Crippen LogP) is 7.99. The minimum Gasteiger partial charge on any atom is -0.347 e. The zero-order valence-electron chi connectivity index (χ0n) is 21.7. The fraction of sp³-hybridized carbons (Fsp3) is 0.333. The molecule has 1 heterocycles. The van der Waals surface area contributed by atoms with Gasteiger partial charge in [0.1, 0.15) is 0 Å². The first kappa shape index (κ1) is 24.5. The Hall–Kier alpha value is -2.61. The second-order valence-electron chi connectivity index (χ2n) is 9.73. The van der Waals surface area contributed by atoms with Gasteiger partial charge in [0.15, 0.2) is 0 Å². The Bertz CT molecular complexity index is 1250. The summed E-state index contributed by atoms with van der Waals surface area (Å²) in [5.74, 6) is 2.54. The highest BCUT2D eigenvalue weighted by Gasteiger charge is 2.40. The Kier molecular flexibility index (Phi) is 6.90. The van der Waals surface area contributed by atoms with Crippen molar-refractivity contribution in [2.45, 2.75) is 47.0 Å². The van der Waals surface area contributed by atoms with E-state index in [2.05, 4.69) is 137 Å². The van der Waals surface area contributed by atoms with Gasteiger partial charge in [0.2, 0.25) is 0 Å². The summed E-state index contributed by atoms with van der Waals surface area (Å²) in [6, 6.07) is 26.4. The lowest BCUT2D eigenvalue weighted by atomic mass is 9.84. The normalized spacial score (nSPS) is 17.6. The van der Waals surface area contributed by atoms with Gasteiger partial charge >= 0.3 is 0 Å². The summed E-state index contributed by atoms with van der Waals surface area (Å²) >= 11 is 0. The van der Waals surface area contributed by atoms with Crippen molar-refractivity contribution in [3.8, 4) is 0 Å². The Morgan fingerprint density at radius 2 is 1.56 bits per heavy atom. The molecule has 0 fully saturated rings. The van der Waals surface area contributed by atoms with Gasteiger partial charge in [0, 0.05) is 42.2 Å². The zero-order valence-corrected chi connectivity index (χ0v) is 22.6. The molecule has 178 valence electrons. The molecule has 4 rings (SSSR count). The number of likely N-dealkylation sites (N-methyl/N-ethyl adjacent to an activating group) is 1. The van der Waals surface area contributed by atoms with E-state index in [0.29, 0.717) is 0 Å². The lowest BCUT2D eigenvalue weighted by Crippen LogP contribution is -2.28. The van der Waals surface area contributed by atoms with Crippen LogP contribution in [0.2, 0.25) is 0 Å². The number of hydrogen-bond donors (Lipinski definition) is 0. The van der Waals surface area contributed by atoms with Crippen LogP contribution in [0.4, 0.5) is 11.4 Å². The highest BCUT2D eigenvalue weighted by Crippen LogP contribution is 2.60. The summed E-state index contributed by atoms with van der Waals surface area (Å²) < 4.78 is 8.29. The average Bonchev–Trinajstić information content (AvgIpc) is 3.02. The van der Waals surface area contributed by atoms with E-state index in [9.17, 15) is 0 Å². The molecule has 3 aromatic rings. The largest absolute Gasteiger partial charge is 0.347 e. The molecule has 4 heteroatoms. The second-order valence-corrected chi connectivity index (χ2v) is 12.6. The molecule has 0 bridgehead atoms. The Morgan fingerprint density at radius 3 is 2.18 bits per heavy atom. The molecule has 34 heavy (non-hydrogen) atoms. The van der Waals surface area contributed by atoms with Crippen LogP contribution >= 0.6 is 7.21 Å². The van der Waals surface area contributed by atoms with Crippen molar-refractivity contribution in [1.29, 1.82) is 0 Å².